The van der Waals surface area contributed by atoms with Crippen LogP contribution in [0.2, 0.25) is 0 Å². The van der Waals surface area contributed by atoms with E-state index in [1.807, 2.05) is 20.9 Å². The summed E-state index contributed by atoms with van der Waals surface area (Å²) >= 11 is 0. The van der Waals surface area contributed by atoms with Crippen molar-refractivity contribution in [2.75, 3.05) is 46.4 Å². The van der Waals surface area contributed by atoms with Gasteiger partial charge in [-0.1, -0.05) is 13.3 Å². The molecule has 3 aromatic rings. The summed E-state index contributed by atoms with van der Waals surface area (Å²) in [5.41, 5.74) is 2.38. The number of sulfonamides is 1. The Kier molecular flexibility index (Phi) is 8.74. The van der Waals surface area contributed by atoms with Crippen molar-refractivity contribution in [2.45, 2.75) is 45.1 Å². The summed E-state index contributed by atoms with van der Waals surface area (Å²) < 4.78 is 41.1. The molecular formula is C26H35N5O7S. The molecule has 1 aromatic carbocycles. The molecule has 1 aliphatic rings. The van der Waals surface area contributed by atoms with Crippen molar-refractivity contribution in [3.63, 3.8) is 0 Å². The number of aryl methyl sites for hydroxylation is 2. The molecule has 3 heterocycles. The van der Waals surface area contributed by atoms with Gasteiger partial charge in [0.05, 0.1) is 23.7 Å². The second kappa shape index (κ2) is 11.9. The number of aliphatic carboxylic acids is 1. The molecule has 13 heteroatoms. The van der Waals surface area contributed by atoms with E-state index in [0.717, 1.165) is 12.1 Å². The van der Waals surface area contributed by atoms with Crippen LogP contribution in [0.5, 0.6) is 5.75 Å². The Bertz CT molecular complexity index is 1520. The van der Waals surface area contributed by atoms with Crippen LogP contribution in [-0.2, 0) is 32.6 Å². The molecule has 4 rings (SSSR count). The summed E-state index contributed by atoms with van der Waals surface area (Å²) in [6.45, 7) is 7.53. The van der Waals surface area contributed by atoms with Gasteiger partial charge in [-0.05, 0) is 51.1 Å². The van der Waals surface area contributed by atoms with E-state index < -0.39 is 28.2 Å². The van der Waals surface area contributed by atoms with Gasteiger partial charge in [0.25, 0.3) is 5.56 Å². The molecule has 212 valence electrons. The van der Waals surface area contributed by atoms with Crippen LogP contribution < -0.4 is 10.3 Å². The summed E-state index contributed by atoms with van der Waals surface area (Å²) in [5.74, 6) is -0.526. The number of hydrogen-bond acceptors (Lipinski definition) is 8. The molecule has 2 N–H and O–H groups in total. The molecule has 1 fully saturated rings. The molecule has 0 radical (unpaired) electrons. The van der Waals surface area contributed by atoms with E-state index in [2.05, 4.69) is 9.88 Å². The van der Waals surface area contributed by atoms with Crippen molar-refractivity contribution >= 4 is 21.5 Å². The predicted molar refractivity (Wildman–Crippen MR) is 145 cm³/mol. The maximum Gasteiger partial charge on any atom is 0.329 e. The molecule has 0 bridgehead atoms. The van der Waals surface area contributed by atoms with E-state index in [4.69, 9.17) is 19.7 Å². The number of rotatable bonds is 11. The van der Waals surface area contributed by atoms with Gasteiger partial charge in [-0.25, -0.2) is 17.7 Å². The number of hydrogen-bond donors (Lipinski definition) is 2. The Morgan fingerprint density at radius 1 is 1.18 bits per heavy atom. The van der Waals surface area contributed by atoms with Crippen LogP contribution in [0.15, 0.2) is 27.9 Å². The molecule has 0 atom stereocenters. The van der Waals surface area contributed by atoms with Crippen molar-refractivity contribution in [3.05, 3.63) is 45.4 Å². The average molecular weight is 562 g/mol. The molecule has 2 aromatic heterocycles. The van der Waals surface area contributed by atoms with Gasteiger partial charge in [-0.2, -0.15) is 4.31 Å². The van der Waals surface area contributed by atoms with Gasteiger partial charge in [0.2, 0.25) is 10.0 Å². The Morgan fingerprint density at radius 2 is 1.90 bits per heavy atom. The zero-order chi connectivity index (χ0) is 28.3. The Hall–Kier alpha value is -3.26. The van der Waals surface area contributed by atoms with Crippen molar-refractivity contribution < 1.29 is 27.8 Å². The van der Waals surface area contributed by atoms with E-state index in [1.165, 1.54) is 16.4 Å². The van der Waals surface area contributed by atoms with Gasteiger partial charge >= 0.3 is 5.97 Å². The zero-order valence-electron chi connectivity index (χ0n) is 22.7. The third-order valence-electron chi connectivity index (χ3n) is 6.84. The summed E-state index contributed by atoms with van der Waals surface area (Å²) in [4.78, 5) is 29.3. The number of likely N-dealkylation sites (N-methyl/N-ethyl adjacent to an activating group) is 1. The van der Waals surface area contributed by atoms with Crippen molar-refractivity contribution in [1.82, 2.24) is 23.8 Å². The number of piperazine rings is 1. The van der Waals surface area contributed by atoms with Crippen molar-refractivity contribution in [3.8, 4) is 17.1 Å². The fourth-order valence-corrected chi connectivity index (χ4v) is 6.26. The predicted octanol–water partition coefficient (Wildman–Crippen LogP) is 1.89. The quantitative estimate of drug-likeness (QED) is 0.358. The highest BCUT2D eigenvalue weighted by molar-refractivity contribution is 7.89. The van der Waals surface area contributed by atoms with E-state index in [1.54, 1.807) is 17.5 Å². The second-order valence-electron chi connectivity index (χ2n) is 9.55. The molecule has 1 saturated heterocycles. The molecular weight excluding hydrogens is 526 g/mol. The maximum atomic E-state index is 13.5. The number of H-pyrrole nitrogens is 1. The molecule has 39 heavy (non-hydrogen) atoms. The Balaban J connectivity index is 1.85. The normalized spacial score (nSPS) is 15.2. The van der Waals surface area contributed by atoms with Gasteiger partial charge in [0, 0.05) is 37.4 Å². The Labute approximate surface area is 227 Å². The first-order valence-electron chi connectivity index (χ1n) is 13.0. The minimum Gasteiger partial charge on any atom is -0.493 e. The summed E-state index contributed by atoms with van der Waals surface area (Å²) in [6, 6.07) is 4.60. The smallest absolute Gasteiger partial charge is 0.329 e. The number of aromatic nitrogens is 3. The van der Waals surface area contributed by atoms with Crippen LogP contribution in [0, 0.1) is 6.92 Å². The lowest BCUT2D eigenvalue weighted by atomic mass is 10.1. The molecule has 0 unspecified atom stereocenters. The number of ether oxygens (including phenoxy) is 2. The van der Waals surface area contributed by atoms with Crippen molar-refractivity contribution in [1.29, 1.82) is 0 Å². The highest BCUT2D eigenvalue weighted by atomic mass is 32.2. The van der Waals surface area contributed by atoms with Gasteiger partial charge in [0.15, 0.2) is 5.82 Å². The second-order valence-corrected chi connectivity index (χ2v) is 11.5. The third kappa shape index (κ3) is 5.86. The fraction of sp³-hybridized carbons (Fsp3) is 0.500. The largest absolute Gasteiger partial charge is 0.493 e. The highest BCUT2D eigenvalue weighted by Crippen LogP contribution is 2.32. The first-order chi connectivity index (χ1) is 18.6. The number of carbonyl (C=O) groups is 1. The minimum atomic E-state index is -3.78. The number of aromatic amines is 1. The van der Waals surface area contributed by atoms with Gasteiger partial charge in [-0.3, -0.25) is 4.79 Å². The maximum absolute atomic E-state index is 13.5. The van der Waals surface area contributed by atoms with Crippen LogP contribution >= 0.6 is 0 Å². The summed E-state index contributed by atoms with van der Waals surface area (Å²) in [6.07, 6.45) is 1.33. The SMILES string of the molecule is CCCc1c(COCC(=O)O)c(C)c2c(=O)[nH]c(-c3cc(S(=O)(=O)N4CCN(C)CC4)ccc3OCC)nn12. The lowest BCUT2D eigenvalue weighted by Crippen LogP contribution is -2.47. The van der Waals surface area contributed by atoms with Crippen LogP contribution in [0.25, 0.3) is 16.9 Å². The van der Waals surface area contributed by atoms with Crippen LogP contribution in [0.3, 0.4) is 0 Å². The summed E-state index contributed by atoms with van der Waals surface area (Å²) in [7, 11) is -1.82. The van der Waals surface area contributed by atoms with E-state index in [-0.39, 0.29) is 17.3 Å². The molecule has 12 nitrogen and oxygen atoms in total. The topological polar surface area (TPSA) is 147 Å². The monoisotopic (exact) mass is 561 g/mol. The van der Waals surface area contributed by atoms with E-state index in [9.17, 15) is 18.0 Å². The summed E-state index contributed by atoms with van der Waals surface area (Å²) in [5, 5.41) is 13.7. The van der Waals surface area contributed by atoms with Gasteiger partial charge in [-0.15, -0.1) is 5.10 Å². The minimum absolute atomic E-state index is 0.0224. The molecule has 1 aliphatic heterocycles. The zero-order valence-corrected chi connectivity index (χ0v) is 23.5. The lowest BCUT2D eigenvalue weighted by Gasteiger charge is -2.31. The van der Waals surface area contributed by atoms with Crippen molar-refractivity contribution in [2.24, 2.45) is 0 Å². The van der Waals surface area contributed by atoms with Crippen LogP contribution in [-0.4, -0.2) is 89.7 Å². The van der Waals surface area contributed by atoms with Crippen LogP contribution in [0.4, 0.5) is 0 Å². The molecule has 0 amide bonds. The molecule has 0 saturated carbocycles. The molecule has 0 spiro atoms. The van der Waals surface area contributed by atoms with Gasteiger partial charge < -0.3 is 24.5 Å². The standard InChI is InChI=1S/C26H35N5O7S/c1-5-7-21-20(15-37-16-23(32)33)17(3)24-26(34)27-25(28-31(21)24)19-14-18(8-9-22(19)38-6-2)39(35,36)30-12-10-29(4)11-13-30/h8-9,14H,5-7,10-13,15-16H2,1-4H3,(H,32,33)(H,27,28,34). The molecule has 0 aliphatic carbocycles. The van der Waals surface area contributed by atoms with E-state index in [0.29, 0.717) is 67.2 Å². The number of carboxylic acid groups (broad SMARTS) is 1. The Morgan fingerprint density at radius 3 is 2.54 bits per heavy atom. The number of nitrogens with one attached hydrogen (secondary N) is 1. The lowest BCUT2D eigenvalue weighted by molar-refractivity contribution is -0.142. The third-order valence-corrected chi connectivity index (χ3v) is 8.73. The van der Waals surface area contributed by atoms with Gasteiger partial charge in [0.1, 0.15) is 17.9 Å². The number of fused-ring (bicyclic) bond motifs is 1. The number of carboxylic acids is 1. The average Bonchev–Trinajstić information content (AvgIpc) is 3.15. The van der Waals surface area contributed by atoms with E-state index >= 15 is 0 Å². The first kappa shape index (κ1) is 28.7. The van der Waals surface area contributed by atoms with Crippen LogP contribution in [0.1, 0.15) is 37.1 Å². The number of nitrogens with zero attached hydrogens (tertiary/aromatic N) is 4. The first-order valence-corrected chi connectivity index (χ1v) is 14.4. The number of benzene rings is 1. The highest BCUT2D eigenvalue weighted by Gasteiger charge is 2.29. The fourth-order valence-electron chi connectivity index (χ4n) is 4.81.